The second-order valence-electron chi connectivity index (χ2n) is 4.31. The van der Waals surface area contributed by atoms with Gasteiger partial charge in [0.25, 0.3) is 0 Å². The molecule has 0 radical (unpaired) electrons. The third-order valence-corrected chi connectivity index (χ3v) is 2.86. The van der Waals surface area contributed by atoms with Crippen molar-refractivity contribution in [1.82, 2.24) is 0 Å². The second kappa shape index (κ2) is 4.67. The molecule has 0 bridgehead atoms. The fourth-order valence-electron chi connectivity index (χ4n) is 2.05. The van der Waals surface area contributed by atoms with E-state index in [-0.39, 0.29) is 0 Å². The van der Waals surface area contributed by atoms with E-state index in [9.17, 15) is 0 Å². The summed E-state index contributed by atoms with van der Waals surface area (Å²) in [5, 5.41) is 3.52. The maximum absolute atomic E-state index is 5.39. The molecule has 0 aliphatic carbocycles. The van der Waals surface area contributed by atoms with Gasteiger partial charge in [-0.05, 0) is 36.6 Å². The van der Waals surface area contributed by atoms with Gasteiger partial charge in [-0.25, -0.2) is 0 Å². The van der Waals surface area contributed by atoms with Gasteiger partial charge >= 0.3 is 0 Å². The number of ether oxygens (including phenoxy) is 1. The van der Waals surface area contributed by atoms with Gasteiger partial charge in [-0.2, -0.15) is 0 Å². The number of hydrogen-bond acceptors (Lipinski definition) is 2. The topological polar surface area (TPSA) is 21.3 Å². The number of anilines is 1. The molecule has 0 saturated heterocycles. The Labute approximate surface area is 91.6 Å². The van der Waals surface area contributed by atoms with Crippen LogP contribution >= 0.6 is 0 Å². The van der Waals surface area contributed by atoms with Crippen molar-refractivity contribution in [1.29, 1.82) is 0 Å². The van der Waals surface area contributed by atoms with Crippen LogP contribution in [-0.4, -0.2) is 6.04 Å². The quantitative estimate of drug-likeness (QED) is 0.814. The highest BCUT2D eigenvalue weighted by Crippen LogP contribution is 2.23. The van der Waals surface area contributed by atoms with Gasteiger partial charge in [-0.3, -0.25) is 0 Å². The van der Waals surface area contributed by atoms with Gasteiger partial charge in [-0.15, -0.1) is 0 Å². The largest absolute Gasteiger partial charge is 0.383 e. The van der Waals surface area contributed by atoms with Crippen molar-refractivity contribution in [2.75, 3.05) is 5.32 Å². The number of nitrogens with one attached hydrogen (secondary N) is 1. The predicted molar refractivity (Wildman–Crippen MR) is 62.9 cm³/mol. The molecule has 1 unspecified atom stereocenters. The Morgan fingerprint density at radius 2 is 2.13 bits per heavy atom. The zero-order valence-electron chi connectivity index (χ0n) is 9.55. The predicted octanol–water partition coefficient (Wildman–Crippen LogP) is 3.32. The summed E-state index contributed by atoms with van der Waals surface area (Å²) in [7, 11) is 0. The first kappa shape index (κ1) is 10.5. The van der Waals surface area contributed by atoms with Gasteiger partial charge in [0.05, 0.1) is 13.2 Å². The summed E-state index contributed by atoms with van der Waals surface area (Å²) in [4.78, 5) is 0. The molecule has 1 aromatic carbocycles. The van der Waals surface area contributed by atoms with Crippen LogP contribution in [0.15, 0.2) is 18.2 Å². The monoisotopic (exact) mass is 205 g/mol. The van der Waals surface area contributed by atoms with E-state index in [1.165, 1.54) is 29.7 Å². The molecule has 2 nitrogen and oxygen atoms in total. The molecule has 0 saturated carbocycles. The number of rotatable bonds is 4. The van der Waals surface area contributed by atoms with Crippen molar-refractivity contribution in [2.45, 2.75) is 45.9 Å². The summed E-state index contributed by atoms with van der Waals surface area (Å²) in [6, 6.07) is 7.09. The van der Waals surface area contributed by atoms with E-state index in [2.05, 4.69) is 37.4 Å². The Hall–Kier alpha value is -1.02. The lowest BCUT2D eigenvalue weighted by atomic mass is 10.1. The smallest absolute Gasteiger partial charge is 0.0725 e. The average Bonchev–Trinajstić information content (AvgIpc) is 2.65. The number of hydrogen-bond donors (Lipinski definition) is 1. The first-order chi connectivity index (χ1) is 7.29. The molecule has 0 spiro atoms. The normalized spacial score (nSPS) is 16.1. The Morgan fingerprint density at radius 1 is 1.33 bits per heavy atom. The molecule has 1 heterocycles. The van der Waals surface area contributed by atoms with Crippen LogP contribution in [0, 0.1) is 0 Å². The average molecular weight is 205 g/mol. The molecule has 82 valence electrons. The van der Waals surface area contributed by atoms with Crippen molar-refractivity contribution < 1.29 is 4.74 Å². The first-order valence-corrected chi connectivity index (χ1v) is 5.75. The van der Waals surface area contributed by atoms with Gasteiger partial charge < -0.3 is 10.1 Å². The Morgan fingerprint density at radius 3 is 2.93 bits per heavy atom. The van der Waals surface area contributed by atoms with E-state index in [1.807, 2.05) is 0 Å². The Kier molecular flexibility index (Phi) is 3.27. The Balaban J connectivity index is 2.03. The molecular formula is C13H19NO. The second-order valence-corrected chi connectivity index (χ2v) is 4.31. The van der Waals surface area contributed by atoms with E-state index >= 15 is 0 Å². The number of benzene rings is 1. The van der Waals surface area contributed by atoms with Crippen LogP contribution in [0.3, 0.4) is 0 Å². The third-order valence-electron chi connectivity index (χ3n) is 2.86. The van der Waals surface area contributed by atoms with Crippen LogP contribution in [0.5, 0.6) is 0 Å². The SMILES string of the molecule is CCCC(C)Nc1ccc2c(c1)COC2. The molecule has 15 heavy (non-hydrogen) atoms. The fourth-order valence-corrected chi connectivity index (χ4v) is 2.05. The van der Waals surface area contributed by atoms with Gasteiger partial charge in [0.15, 0.2) is 0 Å². The van der Waals surface area contributed by atoms with Gasteiger partial charge in [0.1, 0.15) is 0 Å². The molecule has 1 aliphatic rings. The summed E-state index contributed by atoms with van der Waals surface area (Å²) in [6.07, 6.45) is 2.44. The zero-order chi connectivity index (χ0) is 10.7. The highest BCUT2D eigenvalue weighted by atomic mass is 16.5. The van der Waals surface area contributed by atoms with Crippen LogP contribution in [0.2, 0.25) is 0 Å². The Bertz CT molecular complexity index is 335. The van der Waals surface area contributed by atoms with Gasteiger partial charge in [0.2, 0.25) is 0 Å². The molecular weight excluding hydrogens is 186 g/mol. The van der Waals surface area contributed by atoms with E-state index in [1.54, 1.807) is 0 Å². The molecule has 1 aliphatic heterocycles. The fraction of sp³-hybridized carbons (Fsp3) is 0.538. The minimum absolute atomic E-state index is 0.551. The van der Waals surface area contributed by atoms with Crippen molar-refractivity contribution in [2.24, 2.45) is 0 Å². The molecule has 0 aromatic heterocycles. The summed E-state index contributed by atoms with van der Waals surface area (Å²) in [6.45, 7) is 6.00. The molecule has 2 rings (SSSR count). The zero-order valence-corrected chi connectivity index (χ0v) is 9.55. The minimum atomic E-state index is 0.551. The maximum atomic E-state index is 5.39. The van der Waals surface area contributed by atoms with Crippen molar-refractivity contribution >= 4 is 5.69 Å². The van der Waals surface area contributed by atoms with Crippen LogP contribution in [0.4, 0.5) is 5.69 Å². The van der Waals surface area contributed by atoms with Crippen molar-refractivity contribution in [3.05, 3.63) is 29.3 Å². The molecule has 1 aromatic rings. The van der Waals surface area contributed by atoms with Crippen LogP contribution in [0.25, 0.3) is 0 Å². The maximum Gasteiger partial charge on any atom is 0.0725 e. The van der Waals surface area contributed by atoms with Gasteiger partial charge in [-0.1, -0.05) is 19.4 Å². The van der Waals surface area contributed by atoms with Crippen molar-refractivity contribution in [3.63, 3.8) is 0 Å². The lowest BCUT2D eigenvalue weighted by Crippen LogP contribution is -2.14. The molecule has 0 amide bonds. The molecule has 1 atom stereocenters. The summed E-state index contributed by atoms with van der Waals surface area (Å²) >= 11 is 0. The van der Waals surface area contributed by atoms with Crippen LogP contribution in [-0.2, 0) is 18.0 Å². The van der Waals surface area contributed by atoms with Crippen LogP contribution < -0.4 is 5.32 Å². The summed E-state index contributed by atoms with van der Waals surface area (Å²) in [5.41, 5.74) is 3.90. The lowest BCUT2D eigenvalue weighted by Gasteiger charge is -2.14. The van der Waals surface area contributed by atoms with E-state index in [0.29, 0.717) is 6.04 Å². The highest BCUT2D eigenvalue weighted by molar-refractivity contribution is 5.49. The van der Waals surface area contributed by atoms with Gasteiger partial charge in [0, 0.05) is 11.7 Å². The lowest BCUT2D eigenvalue weighted by molar-refractivity contribution is 0.134. The number of fused-ring (bicyclic) bond motifs is 1. The standard InChI is InChI=1S/C13H19NO/c1-3-4-10(2)14-13-6-5-11-8-15-9-12(11)7-13/h5-7,10,14H,3-4,8-9H2,1-2H3. The van der Waals surface area contributed by atoms with E-state index < -0.39 is 0 Å². The minimum Gasteiger partial charge on any atom is -0.383 e. The highest BCUT2D eigenvalue weighted by Gasteiger charge is 2.11. The summed E-state index contributed by atoms with van der Waals surface area (Å²) < 4.78 is 5.39. The first-order valence-electron chi connectivity index (χ1n) is 5.75. The summed E-state index contributed by atoms with van der Waals surface area (Å²) in [5.74, 6) is 0. The van der Waals surface area contributed by atoms with E-state index in [0.717, 1.165) is 13.2 Å². The third kappa shape index (κ3) is 2.51. The van der Waals surface area contributed by atoms with Crippen molar-refractivity contribution in [3.8, 4) is 0 Å². The molecule has 1 N–H and O–H groups in total. The van der Waals surface area contributed by atoms with Crippen LogP contribution in [0.1, 0.15) is 37.8 Å². The molecule has 2 heteroatoms. The van der Waals surface area contributed by atoms with E-state index in [4.69, 9.17) is 4.74 Å². The molecule has 0 fully saturated rings.